The summed E-state index contributed by atoms with van der Waals surface area (Å²) in [7, 11) is 1.00. The number of rotatable bonds is 3. The lowest BCUT2D eigenvalue weighted by Gasteiger charge is -2.13. The molecule has 86 valence electrons. The van der Waals surface area contributed by atoms with Gasteiger partial charge in [-0.2, -0.15) is 0 Å². The Bertz CT molecular complexity index is 44.6. The van der Waals surface area contributed by atoms with E-state index in [0.29, 0.717) is 0 Å². The number of hydrogen-bond acceptors (Lipinski definition) is 3. The smallest absolute Gasteiger partial charge is 0.0402 e. The van der Waals surface area contributed by atoms with Crippen LogP contribution in [0.2, 0.25) is 0 Å². The van der Waals surface area contributed by atoms with Crippen LogP contribution in [-0.2, 0) is 0 Å². The molecule has 0 unspecified atom stereocenters. The first-order valence-corrected chi connectivity index (χ1v) is 4.54. The minimum Gasteiger partial charge on any atom is -0.412 e. The third-order valence-electron chi connectivity index (χ3n) is 1.34. The first kappa shape index (κ1) is 23.0. The molecule has 4 nitrogen and oxygen atoms in total. The second kappa shape index (κ2) is 29.7. The molecule has 4 heteroatoms. The standard InChI is InChI=1S/C6H15N.C2H6O.CH4O.H2O/c1-4-7(5-2)6-3;1-2-3;1-2;/h4-6H2,1-3H3;3H,2H2,1H3;2H,1H3;1H2. The van der Waals surface area contributed by atoms with Gasteiger partial charge in [0, 0.05) is 13.7 Å². The molecule has 0 atom stereocenters. The Morgan fingerprint density at radius 3 is 1.00 bits per heavy atom. The Morgan fingerprint density at radius 2 is 1.00 bits per heavy atom. The molecular formula is C9H27NO3. The van der Waals surface area contributed by atoms with E-state index in [1.165, 1.54) is 19.6 Å². The zero-order chi connectivity index (χ0) is 10.4. The summed E-state index contributed by atoms with van der Waals surface area (Å²) in [6.07, 6.45) is 0. The molecule has 0 rings (SSSR count). The van der Waals surface area contributed by atoms with Crippen molar-refractivity contribution in [3.63, 3.8) is 0 Å². The topological polar surface area (TPSA) is 75.2 Å². The van der Waals surface area contributed by atoms with E-state index >= 15 is 0 Å². The van der Waals surface area contributed by atoms with Crippen LogP contribution < -0.4 is 0 Å². The van der Waals surface area contributed by atoms with E-state index in [4.69, 9.17) is 10.2 Å². The lowest BCUT2D eigenvalue weighted by molar-refractivity contribution is 0.318. The van der Waals surface area contributed by atoms with Crippen LogP contribution in [0.4, 0.5) is 0 Å². The highest BCUT2D eigenvalue weighted by Crippen LogP contribution is 1.81. The molecule has 0 amide bonds. The van der Waals surface area contributed by atoms with Crippen LogP contribution >= 0.6 is 0 Å². The molecule has 0 radical (unpaired) electrons. The second-order valence-electron chi connectivity index (χ2n) is 1.94. The van der Waals surface area contributed by atoms with Crippen LogP contribution in [0.25, 0.3) is 0 Å². The zero-order valence-electron chi connectivity index (χ0n) is 9.67. The van der Waals surface area contributed by atoms with Crippen molar-refractivity contribution in [3.8, 4) is 0 Å². The lowest BCUT2D eigenvalue weighted by atomic mass is 10.5. The summed E-state index contributed by atoms with van der Waals surface area (Å²) in [5.74, 6) is 0. The minimum absolute atomic E-state index is 0. The molecule has 0 aromatic carbocycles. The Balaban J connectivity index is -0.0000000581. The molecule has 0 spiro atoms. The molecule has 0 aromatic heterocycles. The molecule has 0 aromatic rings. The maximum absolute atomic E-state index is 7.57. The fraction of sp³-hybridized carbons (Fsp3) is 1.00. The summed E-state index contributed by atoms with van der Waals surface area (Å²) in [6.45, 7) is 12.1. The van der Waals surface area contributed by atoms with Crippen molar-refractivity contribution in [1.29, 1.82) is 0 Å². The van der Waals surface area contributed by atoms with Crippen molar-refractivity contribution >= 4 is 0 Å². The Hall–Kier alpha value is -0.160. The van der Waals surface area contributed by atoms with Crippen LogP contribution in [0.15, 0.2) is 0 Å². The van der Waals surface area contributed by atoms with Gasteiger partial charge in [-0.15, -0.1) is 0 Å². The SMILES string of the molecule is CCN(CC)CC.CCO.CO.O. The molecular weight excluding hydrogens is 170 g/mol. The predicted molar refractivity (Wildman–Crippen MR) is 58.0 cm³/mol. The van der Waals surface area contributed by atoms with Crippen LogP contribution in [0.3, 0.4) is 0 Å². The van der Waals surface area contributed by atoms with Gasteiger partial charge >= 0.3 is 0 Å². The largest absolute Gasteiger partial charge is 0.412 e. The van der Waals surface area contributed by atoms with E-state index < -0.39 is 0 Å². The van der Waals surface area contributed by atoms with E-state index in [1.54, 1.807) is 6.92 Å². The van der Waals surface area contributed by atoms with Crippen molar-refractivity contribution in [2.75, 3.05) is 33.4 Å². The average molecular weight is 197 g/mol. The zero-order valence-corrected chi connectivity index (χ0v) is 9.67. The van der Waals surface area contributed by atoms with E-state index in [-0.39, 0.29) is 12.1 Å². The van der Waals surface area contributed by atoms with Gasteiger partial charge in [-0.1, -0.05) is 20.8 Å². The highest BCUT2D eigenvalue weighted by Gasteiger charge is 1.89. The van der Waals surface area contributed by atoms with Crippen molar-refractivity contribution in [3.05, 3.63) is 0 Å². The molecule has 4 N–H and O–H groups in total. The molecule has 0 saturated carbocycles. The maximum Gasteiger partial charge on any atom is 0.0402 e. The molecule has 0 aliphatic rings. The third-order valence-corrected chi connectivity index (χ3v) is 1.34. The fourth-order valence-electron chi connectivity index (χ4n) is 0.671. The molecule has 0 saturated heterocycles. The molecule has 0 aliphatic heterocycles. The van der Waals surface area contributed by atoms with Crippen molar-refractivity contribution in [2.24, 2.45) is 0 Å². The second-order valence-corrected chi connectivity index (χ2v) is 1.94. The van der Waals surface area contributed by atoms with Crippen LogP contribution in [-0.4, -0.2) is 53.9 Å². The van der Waals surface area contributed by atoms with E-state index in [0.717, 1.165) is 7.11 Å². The van der Waals surface area contributed by atoms with Gasteiger partial charge in [0.2, 0.25) is 0 Å². The molecule has 0 aliphatic carbocycles. The van der Waals surface area contributed by atoms with E-state index in [1.807, 2.05) is 0 Å². The normalized spacial score (nSPS) is 7.38. The first-order valence-electron chi connectivity index (χ1n) is 4.54. The quantitative estimate of drug-likeness (QED) is 0.675. The lowest BCUT2D eigenvalue weighted by Crippen LogP contribution is -2.21. The molecule has 13 heavy (non-hydrogen) atoms. The number of aliphatic hydroxyl groups excluding tert-OH is 2. The van der Waals surface area contributed by atoms with Gasteiger partial charge in [0.05, 0.1) is 0 Å². The third kappa shape index (κ3) is 33.6. The van der Waals surface area contributed by atoms with Crippen LogP contribution in [0.1, 0.15) is 27.7 Å². The van der Waals surface area contributed by atoms with Gasteiger partial charge < -0.3 is 20.6 Å². The van der Waals surface area contributed by atoms with Gasteiger partial charge in [-0.05, 0) is 26.6 Å². The first-order chi connectivity index (χ1) is 5.76. The number of aliphatic hydroxyl groups is 2. The van der Waals surface area contributed by atoms with E-state index in [9.17, 15) is 0 Å². The summed E-state index contributed by atoms with van der Waals surface area (Å²) < 4.78 is 0. The number of hydrogen-bond donors (Lipinski definition) is 2. The molecule has 0 fully saturated rings. The summed E-state index contributed by atoms with van der Waals surface area (Å²) in [4.78, 5) is 2.38. The Labute approximate surface area is 82.5 Å². The Morgan fingerprint density at radius 1 is 0.846 bits per heavy atom. The van der Waals surface area contributed by atoms with Gasteiger partial charge in [0.25, 0.3) is 0 Å². The van der Waals surface area contributed by atoms with Gasteiger partial charge in [0.15, 0.2) is 0 Å². The van der Waals surface area contributed by atoms with Crippen LogP contribution in [0, 0.1) is 0 Å². The van der Waals surface area contributed by atoms with Gasteiger partial charge in [-0.3, -0.25) is 0 Å². The highest BCUT2D eigenvalue weighted by atomic mass is 16.2. The Kier molecular flexibility index (Phi) is 52.7. The van der Waals surface area contributed by atoms with Crippen molar-refractivity contribution in [2.45, 2.75) is 27.7 Å². The summed E-state index contributed by atoms with van der Waals surface area (Å²) >= 11 is 0. The summed E-state index contributed by atoms with van der Waals surface area (Å²) in [5.41, 5.74) is 0. The molecule has 0 bridgehead atoms. The maximum atomic E-state index is 7.57. The molecule has 0 heterocycles. The fourth-order valence-corrected chi connectivity index (χ4v) is 0.671. The average Bonchev–Trinajstić information content (AvgIpc) is 2.12. The summed E-state index contributed by atoms with van der Waals surface area (Å²) in [6, 6.07) is 0. The van der Waals surface area contributed by atoms with Gasteiger partial charge in [-0.25, -0.2) is 0 Å². The van der Waals surface area contributed by atoms with Crippen molar-refractivity contribution in [1.82, 2.24) is 4.90 Å². The van der Waals surface area contributed by atoms with Gasteiger partial charge in [0.1, 0.15) is 0 Å². The monoisotopic (exact) mass is 197 g/mol. The predicted octanol–water partition coefficient (Wildman–Crippen LogP) is 0.130. The van der Waals surface area contributed by atoms with Crippen LogP contribution in [0.5, 0.6) is 0 Å². The summed E-state index contributed by atoms with van der Waals surface area (Å²) in [5, 5.41) is 14.6. The number of nitrogens with zero attached hydrogens (tertiary/aromatic N) is 1. The highest BCUT2D eigenvalue weighted by molar-refractivity contribution is 4.43. The minimum atomic E-state index is 0. The van der Waals surface area contributed by atoms with Crippen molar-refractivity contribution < 1.29 is 15.7 Å². The van der Waals surface area contributed by atoms with E-state index in [2.05, 4.69) is 25.7 Å².